The van der Waals surface area contributed by atoms with Gasteiger partial charge in [0.2, 0.25) is 0 Å². The molecule has 0 radical (unpaired) electrons. The number of pyridine rings is 1. The highest BCUT2D eigenvalue weighted by atomic mass is 16.2. The fourth-order valence-corrected chi connectivity index (χ4v) is 5.16. The maximum absolute atomic E-state index is 13.4. The van der Waals surface area contributed by atoms with Crippen molar-refractivity contribution >= 4 is 5.91 Å². The maximum Gasteiger partial charge on any atom is 0.275 e. The average Bonchev–Trinajstić information content (AvgIpc) is 3.28. The summed E-state index contributed by atoms with van der Waals surface area (Å²) in [5.74, 6) is -0.0245. The van der Waals surface area contributed by atoms with E-state index in [1.54, 1.807) is 27.6 Å². The first-order chi connectivity index (χ1) is 14.4. The molecule has 1 amide bonds. The first-order valence-corrected chi connectivity index (χ1v) is 10.6. The molecule has 2 unspecified atom stereocenters. The van der Waals surface area contributed by atoms with Crippen LogP contribution in [0.1, 0.15) is 60.6 Å². The normalized spacial score (nSPS) is 19.1. The van der Waals surface area contributed by atoms with Crippen LogP contribution in [0.4, 0.5) is 0 Å². The lowest BCUT2D eigenvalue weighted by Gasteiger charge is -2.36. The summed E-state index contributed by atoms with van der Waals surface area (Å²) in [6.07, 6.45) is 6.24. The van der Waals surface area contributed by atoms with Gasteiger partial charge in [0.1, 0.15) is 11.4 Å². The van der Waals surface area contributed by atoms with Gasteiger partial charge < -0.3 is 14.0 Å². The summed E-state index contributed by atoms with van der Waals surface area (Å²) in [6, 6.07) is 10.4. The molecule has 6 heteroatoms. The quantitative estimate of drug-likeness (QED) is 0.611. The van der Waals surface area contributed by atoms with E-state index in [9.17, 15) is 9.59 Å². The number of aryl methyl sites for hydroxylation is 3. The molecule has 2 atom stereocenters. The molecule has 2 aliphatic rings. The number of nitrogens with zero attached hydrogens (tertiary/aromatic N) is 4. The molecule has 0 spiro atoms. The van der Waals surface area contributed by atoms with Crippen molar-refractivity contribution in [1.29, 1.82) is 0 Å². The topological polar surface area (TPSA) is 60.1 Å². The van der Waals surface area contributed by atoms with Gasteiger partial charge in [-0.2, -0.15) is 0 Å². The Labute approximate surface area is 190 Å². The van der Waals surface area contributed by atoms with Gasteiger partial charge in [-0.1, -0.05) is 44.2 Å². The van der Waals surface area contributed by atoms with Crippen molar-refractivity contribution in [3.05, 3.63) is 81.3 Å². The Balaban J connectivity index is 0.00000144. The lowest BCUT2D eigenvalue weighted by atomic mass is 10.00. The molecule has 4 heterocycles. The molecule has 2 aromatic heterocycles. The molecule has 2 aliphatic heterocycles. The molecule has 1 fully saturated rings. The Bertz CT molecular complexity index is 1190. The summed E-state index contributed by atoms with van der Waals surface area (Å²) in [5, 5.41) is 0. The van der Waals surface area contributed by atoms with E-state index in [0.29, 0.717) is 17.9 Å². The molecule has 1 aromatic carbocycles. The molecular formula is C26H34N4O2. The zero-order chi connectivity index (χ0) is 21.0. The third-order valence-electron chi connectivity index (χ3n) is 6.36. The highest BCUT2D eigenvalue weighted by Gasteiger charge is 2.42. The first kappa shape index (κ1) is 23.5. The second kappa shape index (κ2) is 8.77. The van der Waals surface area contributed by atoms with E-state index in [-0.39, 0.29) is 38.4 Å². The number of hydrogen-bond acceptors (Lipinski definition) is 3. The van der Waals surface area contributed by atoms with Crippen molar-refractivity contribution in [2.75, 3.05) is 0 Å². The van der Waals surface area contributed by atoms with Crippen LogP contribution in [0.25, 0.3) is 5.69 Å². The van der Waals surface area contributed by atoms with Crippen LogP contribution in [0.3, 0.4) is 0 Å². The fraction of sp³-hybridized carbons (Fsp3) is 0.423. The Morgan fingerprint density at radius 1 is 1.00 bits per heavy atom. The second-order valence-corrected chi connectivity index (χ2v) is 8.74. The van der Waals surface area contributed by atoms with Crippen LogP contribution in [0, 0.1) is 20.8 Å². The number of carbonyl (C=O) groups excluding carboxylic acids is 1. The second-order valence-electron chi connectivity index (χ2n) is 8.74. The Morgan fingerprint density at radius 3 is 2.38 bits per heavy atom. The van der Waals surface area contributed by atoms with Crippen molar-refractivity contribution in [1.82, 2.24) is 19.0 Å². The molecule has 6 nitrogen and oxygen atoms in total. The van der Waals surface area contributed by atoms with Crippen LogP contribution < -0.4 is 5.56 Å². The molecule has 1 saturated heterocycles. The third kappa shape index (κ3) is 3.90. The van der Waals surface area contributed by atoms with E-state index < -0.39 is 0 Å². The predicted molar refractivity (Wildman–Crippen MR) is 129 cm³/mol. The van der Waals surface area contributed by atoms with Crippen molar-refractivity contribution < 1.29 is 4.79 Å². The number of amides is 1. The first-order valence-electron chi connectivity index (χ1n) is 10.6. The van der Waals surface area contributed by atoms with Crippen LogP contribution >= 0.6 is 0 Å². The standard InChI is InChI=1S/C24H26N4O2.2CH4/c1-15-8-16(2)10-18(9-15)11-19-4-5-20-13-27-22(24(30)28(19)20)7-6-21(23(27)29)26-12-17(3)25-14-26;;/h6-10,12,14,19-20H,4-5,11,13H2,1-3H3;2*1H4. The van der Waals surface area contributed by atoms with Crippen LogP contribution in [0.15, 0.2) is 47.7 Å². The Kier molecular flexibility index (Phi) is 6.44. The van der Waals surface area contributed by atoms with Crippen LogP contribution in [-0.4, -0.2) is 37.0 Å². The van der Waals surface area contributed by atoms with Gasteiger partial charge in [-0.05, 0) is 57.7 Å². The summed E-state index contributed by atoms with van der Waals surface area (Å²) in [6.45, 7) is 6.68. The van der Waals surface area contributed by atoms with E-state index in [1.165, 1.54) is 16.7 Å². The summed E-state index contributed by atoms with van der Waals surface area (Å²) in [7, 11) is 0. The molecule has 170 valence electrons. The molecule has 5 rings (SSSR count). The van der Waals surface area contributed by atoms with E-state index in [2.05, 4.69) is 37.0 Å². The van der Waals surface area contributed by atoms with Crippen molar-refractivity contribution in [3.8, 4) is 5.69 Å². The van der Waals surface area contributed by atoms with Gasteiger partial charge in [-0.25, -0.2) is 4.98 Å². The number of carbonyl (C=O) groups is 1. The molecule has 0 bridgehead atoms. The lowest BCUT2D eigenvalue weighted by Crippen LogP contribution is -2.51. The zero-order valence-electron chi connectivity index (χ0n) is 17.6. The SMILES string of the molecule is C.C.Cc1cc(C)cc(CC2CCC3Cn4c(ccc(-n5cnc(C)c5)c4=O)C(=O)N23)c1. The molecule has 0 saturated carbocycles. The van der Waals surface area contributed by atoms with Crippen molar-refractivity contribution in [2.45, 2.75) is 73.5 Å². The number of aromatic nitrogens is 3. The van der Waals surface area contributed by atoms with E-state index in [1.807, 2.05) is 18.0 Å². The average molecular weight is 435 g/mol. The van der Waals surface area contributed by atoms with Crippen molar-refractivity contribution in [3.63, 3.8) is 0 Å². The zero-order valence-corrected chi connectivity index (χ0v) is 17.6. The van der Waals surface area contributed by atoms with Gasteiger partial charge >= 0.3 is 0 Å². The third-order valence-corrected chi connectivity index (χ3v) is 6.36. The van der Waals surface area contributed by atoms with Gasteiger partial charge in [-0.3, -0.25) is 9.59 Å². The van der Waals surface area contributed by atoms with E-state index in [0.717, 1.165) is 25.0 Å². The monoisotopic (exact) mass is 434 g/mol. The lowest BCUT2D eigenvalue weighted by molar-refractivity contribution is 0.0585. The van der Waals surface area contributed by atoms with E-state index >= 15 is 0 Å². The summed E-state index contributed by atoms with van der Waals surface area (Å²) in [4.78, 5) is 32.8. The molecule has 32 heavy (non-hydrogen) atoms. The highest BCUT2D eigenvalue weighted by molar-refractivity contribution is 5.94. The van der Waals surface area contributed by atoms with Gasteiger partial charge in [0, 0.05) is 18.8 Å². The summed E-state index contributed by atoms with van der Waals surface area (Å²) < 4.78 is 3.40. The Hall–Kier alpha value is -3.15. The number of rotatable bonds is 3. The number of imidazole rings is 1. The van der Waals surface area contributed by atoms with Gasteiger partial charge in [-0.15, -0.1) is 0 Å². The minimum atomic E-state index is -0.129. The maximum atomic E-state index is 13.4. The van der Waals surface area contributed by atoms with Crippen LogP contribution in [-0.2, 0) is 13.0 Å². The van der Waals surface area contributed by atoms with Gasteiger partial charge in [0.05, 0.1) is 18.1 Å². The number of benzene rings is 1. The fourth-order valence-electron chi connectivity index (χ4n) is 5.16. The molecular weight excluding hydrogens is 400 g/mol. The summed E-state index contributed by atoms with van der Waals surface area (Å²) >= 11 is 0. The van der Waals surface area contributed by atoms with Crippen LogP contribution in [0.5, 0.6) is 0 Å². The molecule has 3 aromatic rings. The van der Waals surface area contributed by atoms with Crippen molar-refractivity contribution in [2.24, 2.45) is 0 Å². The van der Waals surface area contributed by atoms with Gasteiger partial charge in [0.25, 0.3) is 11.5 Å². The van der Waals surface area contributed by atoms with Gasteiger partial charge in [0.15, 0.2) is 0 Å². The predicted octanol–water partition coefficient (Wildman–Crippen LogP) is 4.46. The van der Waals surface area contributed by atoms with Crippen LogP contribution in [0.2, 0.25) is 0 Å². The largest absolute Gasteiger partial charge is 0.329 e. The number of hydrogen-bond donors (Lipinski definition) is 0. The minimum absolute atomic E-state index is 0. The van der Waals surface area contributed by atoms with E-state index in [4.69, 9.17) is 0 Å². The molecule has 0 aliphatic carbocycles. The molecule has 0 N–H and O–H groups in total. The Morgan fingerprint density at radius 2 is 1.72 bits per heavy atom. The highest BCUT2D eigenvalue weighted by Crippen LogP contribution is 2.32. The minimum Gasteiger partial charge on any atom is -0.329 e. The smallest absolute Gasteiger partial charge is 0.275 e. The summed E-state index contributed by atoms with van der Waals surface area (Å²) in [5.41, 5.74) is 5.53. The number of fused-ring (bicyclic) bond motifs is 2.